The molecule has 0 aromatic heterocycles. The van der Waals surface area contributed by atoms with E-state index in [9.17, 15) is 9.90 Å². The molecule has 0 spiro atoms. The fourth-order valence-corrected chi connectivity index (χ4v) is 1.69. The van der Waals surface area contributed by atoms with E-state index in [1.54, 1.807) is 27.0 Å². The molecule has 1 atom stereocenters. The number of aliphatic hydroxyl groups excluding tert-OH is 1. The molecule has 0 bridgehead atoms. The van der Waals surface area contributed by atoms with Gasteiger partial charge in [-0.1, -0.05) is 28.1 Å². The third kappa shape index (κ3) is 7.72. The number of carbonyl (C=O) groups excluding carboxylic acids is 1. The number of hydrogen-bond acceptors (Lipinski definition) is 4. The van der Waals surface area contributed by atoms with Gasteiger partial charge in [-0.3, -0.25) is 5.32 Å². The van der Waals surface area contributed by atoms with Crippen LogP contribution in [0.4, 0.5) is 4.79 Å². The second-order valence-corrected chi connectivity index (χ2v) is 6.35. The van der Waals surface area contributed by atoms with Crippen molar-refractivity contribution >= 4 is 28.1 Å². The lowest BCUT2D eigenvalue weighted by atomic mass is 10.2. The minimum Gasteiger partial charge on any atom is -0.444 e. The molecule has 5 nitrogen and oxygen atoms in total. The number of hydrogen-bond donors (Lipinski definition) is 3. The molecule has 116 valence electrons. The molecule has 0 saturated heterocycles. The zero-order chi connectivity index (χ0) is 15.9. The van der Waals surface area contributed by atoms with E-state index in [4.69, 9.17) is 4.74 Å². The molecule has 21 heavy (non-hydrogen) atoms. The Bertz CT molecular complexity index is 481. The number of alkyl carbamates (subject to hydrolysis) is 1. The summed E-state index contributed by atoms with van der Waals surface area (Å²) in [5.74, 6) is 0. The first kappa shape index (κ1) is 17.5. The maximum atomic E-state index is 11.6. The Morgan fingerprint density at radius 1 is 1.38 bits per heavy atom. The molecule has 1 rings (SSSR count). The molecular weight excluding hydrogens is 336 g/mol. The van der Waals surface area contributed by atoms with Gasteiger partial charge < -0.3 is 15.2 Å². The number of nitrogens with one attached hydrogen (secondary N) is 2. The van der Waals surface area contributed by atoms with E-state index < -0.39 is 17.9 Å². The Morgan fingerprint density at radius 3 is 2.52 bits per heavy atom. The number of halogens is 1. The Hall–Kier alpha value is -1.53. The van der Waals surface area contributed by atoms with Crippen molar-refractivity contribution in [1.29, 1.82) is 0 Å². The van der Waals surface area contributed by atoms with Gasteiger partial charge in [0.05, 0.1) is 6.61 Å². The molecule has 1 aromatic rings. The van der Waals surface area contributed by atoms with Crippen molar-refractivity contribution in [1.82, 2.24) is 10.6 Å². The molecule has 0 saturated carbocycles. The van der Waals surface area contributed by atoms with Gasteiger partial charge in [-0.25, -0.2) is 4.79 Å². The van der Waals surface area contributed by atoms with Gasteiger partial charge in [-0.05, 0) is 50.7 Å². The normalized spacial score (nSPS) is 13.0. The molecule has 0 aliphatic rings. The van der Waals surface area contributed by atoms with Crippen LogP contribution in [0.2, 0.25) is 0 Å². The van der Waals surface area contributed by atoms with Gasteiger partial charge in [-0.15, -0.1) is 0 Å². The quantitative estimate of drug-likeness (QED) is 0.709. The third-order valence-electron chi connectivity index (χ3n) is 2.32. The summed E-state index contributed by atoms with van der Waals surface area (Å²) in [4.78, 5) is 11.6. The van der Waals surface area contributed by atoms with Gasteiger partial charge in [0.25, 0.3) is 0 Å². The molecule has 0 heterocycles. The zero-order valence-electron chi connectivity index (χ0n) is 12.4. The molecule has 0 aliphatic heterocycles. The fraction of sp³-hybridized carbons (Fsp3) is 0.400. The number of aliphatic hydroxyl groups is 1. The van der Waals surface area contributed by atoms with Crippen LogP contribution >= 0.6 is 15.9 Å². The molecule has 0 radical (unpaired) electrons. The molecule has 3 N–H and O–H groups in total. The van der Waals surface area contributed by atoms with Crippen LogP contribution in [0.15, 0.2) is 34.9 Å². The maximum Gasteiger partial charge on any atom is 0.409 e. The smallest absolute Gasteiger partial charge is 0.409 e. The number of benzene rings is 1. The van der Waals surface area contributed by atoms with Crippen molar-refractivity contribution in [2.24, 2.45) is 0 Å². The van der Waals surface area contributed by atoms with Crippen molar-refractivity contribution < 1.29 is 14.6 Å². The average Bonchev–Trinajstić information content (AvgIpc) is 2.37. The third-order valence-corrected chi connectivity index (χ3v) is 2.85. The van der Waals surface area contributed by atoms with Crippen LogP contribution in [0.1, 0.15) is 26.3 Å². The summed E-state index contributed by atoms with van der Waals surface area (Å²) in [6, 6.07) is 7.75. The van der Waals surface area contributed by atoms with E-state index in [1.807, 2.05) is 30.3 Å². The van der Waals surface area contributed by atoms with E-state index in [1.165, 1.54) is 0 Å². The fourth-order valence-electron chi connectivity index (χ4n) is 1.42. The number of amides is 1. The van der Waals surface area contributed by atoms with Gasteiger partial charge in [0.1, 0.15) is 11.8 Å². The monoisotopic (exact) mass is 356 g/mol. The summed E-state index contributed by atoms with van der Waals surface area (Å²) in [5.41, 5.74) is 0.428. The van der Waals surface area contributed by atoms with Crippen molar-refractivity contribution in [3.8, 4) is 0 Å². The molecule has 1 aromatic carbocycles. The highest BCUT2D eigenvalue weighted by atomic mass is 79.9. The van der Waals surface area contributed by atoms with Crippen LogP contribution in [0.3, 0.4) is 0 Å². The van der Waals surface area contributed by atoms with E-state index >= 15 is 0 Å². The Labute approximate surface area is 133 Å². The van der Waals surface area contributed by atoms with Gasteiger partial charge >= 0.3 is 6.09 Å². The first-order valence-electron chi connectivity index (χ1n) is 6.59. The van der Waals surface area contributed by atoms with E-state index in [2.05, 4.69) is 26.6 Å². The van der Waals surface area contributed by atoms with Crippen LogP contribution in [0, 0.1) is 0 Å². The highest BCUT2D eigenvalue weighted by Gasteiger charge is 2.18. The molecule has 1 amide bonds. The SMILES string of the molecule is CC(C)(C)OC(=O)N[C@H](CO)N/C=C/c1ccc(Br)cc1. The van der Waals surface area contributed by atoms with Crippen LogP contribution in [-0.2, 0) is 4.74 Å². The summed E-state index contributed by atoms with van der Waals surface area (Å²) in [6.45, 7) is 5.09. The molecular formula is C15H21BrN2O3. The van der Waals surface area contributed by atoms with Crippen LogP contribution in [0.25, 0.3) is 6.08 Å². The Kier molecular flexibility index (Phi) is 6.71. The lowest BCUT2D eigenvalue weighted by Gasteiger charge is -2.22. The summed E-state index contributed by atoms with van der Waals surface area (Å²) < 4.78 is 6.12. The second-order valence-electron chi connectivity index (χ2n) is 5.43. The summed E-state index contributed by atoms with van der Waals surface area (Å²) in [5, 5.41) is 14.7. The standard InChI is InChI=1S/C15H21BrN2O3/c1-15(2,3)21-14(20)18-13(10-19)17-9-8-11-4-6-12(16)7-5-11/h4-9,13,17,19H,10H2,1-3H3,(H,18,20)/b9-8+/t13-/m1/s1. The first-order chi connectivity index (χ1) is 9.80. The highest BCUT2D eigenvalue weighted by Crippen LogP contribution is 2.11. The predicted octanol–water partition coefficient (Wildman–Crippen LogP) is 2.85. The molecule has 0 aliphatic carbocycles. The van der Waals surface area contributed by atoms with E-state index in [0.29, 0.717) is 0 Å². The number of ether oxygens (including phenoxy) is 1. The van der Waals surface area contributed by atoms with Gasteiger partial charge in [0.2, 0.25) is 0 Å². The molecule has 6 heteroatoms. The van der Waals surface area contributed by atoms with E-state index in [-0.39, 0.29) is 6.61 Å². The van der Waals surface area contributed by atoms with Gasteiger partial charge in [0.15, 0.2) is 0 Å². The summed E-state index contributed by atoms with van der Waals surface area (Å²) in [6.07, 6.45) is 2.32. The minimum atomic E-state index is -0.605. The first-order valence-corrected chi connectivity index (χ1v) is 7.38. The topological polar surface area (TPSA) is 70.6 Å². The highest BCUT2D eigenvalue weighted by molar-refractivity contribution is 9.10. The van der Waals surface area contributed by atoms with E-state index in [0.717, 1.165) is 10.0 Å². The van der Waals surface area contributed by atoms with Crippen LogP contribution in [0.5, 0.6) is 0 Å². The van der Waals surface area contributed by atoms with Crippen molar-refractivity contribution in [3.63, 3.8) is 0 Å². The second kappa shape index (κ2) is 8.05. The Balaban J connectivity index is 2.47. The largest absolute Gasteiger partial charge is 0.444 e. The number of carbonyl (C=O) groups is 1. The zero-order valence-corrected chi connectivity index (χ0v) is 14.0. The predicted molar refractivity (Wildman–Crippen MR) is 86.6 cm³/mol. The molecule has 0 unspecified atom stereocenters. The summed E-state index contributed by atoms with van der Waals surface area (Å²) >= 11 is 3.36. The lowest BCUT2D eigenvalue weighted by molar-refractivity contribution is 0.0474. The minimum absolute atomic E-state index is 0.246. The van der Waals surface area contributed by atoms with Crippen LogP contribution < -0.4 is 10.6 Å². The Morgan fingerprint density at radius 2 is 2.00 bits per heavy atom. The average molecular weight is 357 g/mol. The maximum absolute atomic E-state index is 11.6. The number of rotatable bonds is 5. The van der Waals surface area contributed by atoms with Gasteiger partial charge in [0, 0.05) is 4.47 Å². The molecule has 0 fully saturated rings. The lowest BCUT2D eigenvalue weighted by Crippen LogP contribution is -2.47. The van der Waals surface area contributed by atoms with Crippen molar-refractivity contribution in [2.45, 2.75) is 32.5 Å². The van der Waals surface area contributed by atoms with Gasteiger partial charge in [-0.2, -0.15) is 0 Å². The van der Waals surface area contributed by atoms with Crippen LogP contribution in [-0.4, -0.2) is 29.6 Å². The van der Waals surface area contributed by atoms with Crippen molar-refractivity contribution in [2.75, 3.05) is 6.61 Å². The summed E-state index contributed by atoms with van der Waals surface area (Å²) in [7, 11) is 0. The van der Waals surface area contributed by atoms with Crippen molar-refractivity contribution in [3.05, 3.63) is 40.5 Å².